The predicted molar refractivity (Wildman–Crippen MR) is 80.2 cm³/mol. The number of hydrogen-bond acceptors (Lipinski definition) is 1. The Hall–Kier alpha value is -0.410. The summed E-state index contributed by atoms with van der Waals surface area (Å²) >= 11 is 3.81. The molecule has 0 radical (unpaired) electrons. The van der Waals surface area contributed by atoms with E-state index in [2.05, 4.69) is 36.7 Å². The van der Waals surface area contributed by atoms with Gasteiger partial charge in [-0.3, -0.25) is 0 Å². The van der Waals surface area contributed by atoms with Crippen molar-refractivity contribution in [2.24, 2.45) is 11.8 Å². The summed E-state index contributed by atoms with van der Waals surface area (Å²) in [5, 5.41) is 0. The SMILES string of the molecule is Cc1cc(C(Br)C2C(C)OC(C)C2C)cc(C)c1F. The van der Waals surface area contributed by atoms with Gasteiger partial charge in [-0.05, 0) is 50.3 Å². The normalized spacial score (nSPS) is 32.6. The number of benzene rings is 1. The van der Waals surface area contributed by atoms with Crippen LogP contribution in [0.4, 0.5) is 4.39 Å². The van der Waals surface area contributed by atoms with E-state index < -0.39 is 0 Å². The van der Waals surface area contributed by atoms with E-state index in [1.54, 1.807) is 0 Å². The zero-order valence-electron chi connectivity index (χ0n) is 12.2. The van der Waals surface area contributed by atoms with Gasteiger partial charge in [-0.1, -0.05) is 35.0 Å². The van der Waals surface area contributed by atoms with Crippen LogP contribution >= 0.6 is 15.9 Å². The summed E-state index contributed by atoms with van der Waals surface area (Å²) in [6, 6.07) is 3.90. The van der Waals surface area contributed by atoms with Gasteiger partial charge in [0, 0.05) is 10.7 Å². The van der Waals surface area contributed by atoms with Gasteiger partial charge in [0.15, 0.2) is 0 Å². The average Bonchev–Trinajstić information content (AvgIpc) is 2.59. The van der Waals surface area contributed by atoms with E-state index in [1.165, 1.54) is 0 Å². The van der Waals surface area contributed by atoms with Gasteiger partial charge < -0.3 is 4.74 Å². The van der Waals surface area contributed by atoms with Crippen molar-refractivity contribution in [3.8, 4) is 0 Å². The van der Waals surface area contributed by atoms with Gasteiger partial charge in [0.25, 0.3) is 0 Å². The van der Waals surface area contributed by atoms with Crippen LogP contribution in [0.1, 0.15) is 42.3 Å². The third-order valence-electron chi connectivity index (χ3n) is 4.43. The molecular weight excluding hydrogens is 307 g/mol. The number of hydrogen-bond donors (Lipinski definition) is 0. The van der Waals surface area contributed by atoms with Crippen molar-refractivity contribution < 1.29 is 9.13 Å². The molecular formula is C16H22BrFO. The molecule has 0 spiro atoms. The number of halogens is 2. The molecule has 1 aliphatic heterocycles. The average molecular weight is 329 g/mol. The second-order valence-electron chi connectivity index (χ2n) is 5.85. The minimum Gasteiger partial charge on any atom is -0.375 e. The van der Waals surface area contributed by atoms with Gasteiger partial charge in [-0.25, -0.2) is 4.39 Å². The van der Waals surface area contributed by atoms with E-state index in [0.29, 0.717) is 23.0 Å². The molecule has 2 rings (SSSR count). The number of alkyl halides is 1. The molecule has 0 aromatic heterocycles. The summed E-state index contributed by atoms with van der Waals surface area (Å²) in [4.78, 5) is 0.209. The topological polar surface area (TPSA) is 9.23 Å². The first kappa shape index (κ1) is 15.0. The van der Waals surface area contributed by atoms with Crippen molar-refractivity contribution in [2.45, 2.75) is 51.7 Å². The van der Waals surface area contributed by atoms with Gasteiger partial charge in [0.1, 0.15) is 5.82 Å². The van der Waals surface area contributed by atoms with Gasteiger partial charge in [0.05, 0.1) is 12.2 Å². The lowest BCUT2D eigenvalue weighted by Crippen LogP contribution is -2.22. The molecule has 5 unspecified atom stereocenters. The first-order valence-electron chi connectivity index (χ1n) is 6.89. The van der Waals surface area contributed by atoms with E-state index in [0.717, 1.165) is 5.56 Å². The van der Waals surface area contributed by atoms with Crippen LogP contribution in [0.3, 0.4) is 0 Å². The Morgan fingerprint density at radius 2 is 1.63 bits per heavy atom. The lowest BCUT2D eigenvalue weighted by Gasteiger charge is -2.25. The number of ether oxygens (including phenoxy) is 1. The lowest BCUT2D eigenvalue weighted by molar-refractivity contribution is 0.0511. The molecule has 1 heterocycles. The van der Waals surface area contributed by atoms with Crippen LogP contribution in [-0.2, 0) is 4.74 Å². The fraction of sp³-hybridized carbons (Fsp3) is 0.625. The Balaban J connectivity index is 2.32. The van der Waals surface area contributed by atoms with Crippen molar-refractivity contribution in [3.63, 3.8) is 0 Å². The molecule has 1 fully saturated rings. The van der Waals surface area contributed by atoms with Crippen molar-refractivity contribution >= 4 is 15.9 Å². The Morgan fingerprint density at radius 1 is 1.11 bits per heavy atom. The Bertz CT molecular complexity index is 451. The molecule has 0 N–H and O–H groups in total. The van der Waals surface area contributed by atoms with Crippen molar-refractivity contribution in [2.75, 3.05) is 0 Å². The van der Waals surface area contributed by atoms with Crippen LogP contribution < -0.4 is 0 Å². The maximum Gasteiger partial charge on any atom is 0.129 e. The Kier molecular flexibility index (Phi) is 4.36. The zero-order valence-corrected chi connectivity index (χ0v) is 13.8. The van der Waals surface area contributed by atoms with Gasteiger partial charge in [-0.2, -0.15) is 0 Å². The summed E-state index contributed by atoms with van der Waals surface area (Å²) in [6.45, 7) is 10.1. The molecule has 0 bridgehead atoms. The second-order valence-corrected chi connectivity index (χ2v) is 6.84. The molecule has 0 aliphatic carbocycles. The molecule has 106 valence electrons. The highest BCUT2D eigenvalue weighted by Gasteiger charge is 2.41. The molecule has 1 saturated heterocycles. The molecule has 1 aromatic rings. The van der Waals surface area contributed by atoms with Crippen LogP contribution in [0.25, 0.3) is 0 Å². The lowest BCUT2D eigenvalue weighted by atomic mass is 9.84. The van der Waals surface area contributed by atoms with Crippen LogP contribution in [0.5, 0.6) is 0 Å². The summed E-state index contributed by atoms with van der Waals surface area (Å²) < 4.78 is 19.6. The first-order valence-corrected chi connectivity index (χ1v) is 7.80. The van der Waals surface area contributed by atoms with Crippen LogP contribution in [-0.4, -0.2) is 12.2 Å². The summed E-state index contributed by atoms with van der Waals surface area (Å²) in [7, 11) is 0. The van der Waals surface area contributed by atoms with Crippen molar-refractivity contribution in [1.29, 1.82) is 0 Å². The third kappa shape index (κ3) is 2.73. The molecule has 0 saturated carbocycles. The maximum absolute atomic E-state index is 13.7. The quantitative estimate of drug-likeness (QED) is 0.699. The number of aryl methyl sites for hydroxylation is 2. The highest BCUT2D eigenvalue weighted by atomic mass is 79.9. The molecule has 1 aromatic carbocycles. The van der Waals surface area contributed by atoms with Gasteiger partial charge in [-0.15, -0.1) is 0 Å². The van der Waals surface area contributed by atoms with E-state index in [9.17, 15) is 4.39 Å². The first-order chi connectivity index (χ1) is 8.82. The summed E-state index contributed by atoms with van der Waals surface area (Å²) in [5.41, 5.74) is 2.58. The molecule has 3 heteroatoms. The minimum absolute atomic E-state index is 0.0967. The monoisotopic (exact) mass is 328 g/mol. The second kappa shape index (κ2) is 5.53. The highest BCUT2D eigenvalue weighted by molar-refractivity contribution is 9.09. The fourth-order valence-corrected chi connectivity index (χ4v) is 4.33. The van der Waals surface area contributed by atoms with Crippen LogP contribution in [0.15, 0.2) is 12.1 Å². The zero-order chi connectivity index (χ0) is 14.3. The van der Waals surface area contributed by atoms with Crippen LogP contribution in [0.2, 0.25) is 0 Å². The van der Waals surface area contributed by atoms with Gasteiger partial charge >= 0.3 is 0 Å². The van der Waals surface area contributed by atoms with Crippen LogP contribution in [0, 0.1) is 31.5 Å². The Morgan fingerprint density at radius 3 is 2.05 bits per heavy atom. The smallest absolute Gasteiger partial charge is 0.129 e. The van der Waals surface area contributed by atoms with Crippen molar-refractivity contribution in [3.05, 3.63) is 34.6 Å². The minimum atomic E-state index is -0.0967. The predicted octanol–water partition coefficient (Wildman–Crippen LogP) is 4.94. The Labute approximate surface area is 123 Å². The molecule has 5 atom stereocenters. The number of rotatable bonds is 2. The van der Waals surface area contributed by atoms with Gasteiger partial charge in [0.2, 0.25) is 0 Å². The summed E-state index contributed by atoms with van der Waals surface area (Å²) in [5.74, 6) is 0.810. The highest BCUT2D eigenvalue weighted by Crippen LogP contribution is 2.45. The molecule has 19 heavy (non-hydrogen) atoms. The summed E-state index contributed by atoms with van der Waals surface area (Å²) in [6.07, 6.45) is 0.503. The molecule has 0 amide bonds. The molecule has 1 aliphatic rings. The molecule has 1 nitrogen and oxygen atoms in total. The maximum atomic E-state index is 13.7. The standard InChI is InChI=1S/C16H22BrFO/c1-8-6-13(7-9(2)16(8)18)15(17)14-10(3)11(4)19-12(14)5/h6-7,10-12,14-15H,1-5H3. The van der Waals surface area contributed by atoms with E-state index >= 15 is 0 Å². The van der Waals surface area contributed by atoms with Crippen molar-refractivity contribution in [1.82, 2.24) is 0 Å². The van der Waals surface area contributed by atoms with E-state index in [-0.39, 0.29) is 22.9 Å². The van der Waals surface area contributed by atoms with E-state index in [1.807, 2.05) is 26.0 Å². The largest absolute Gasteiger partial charge is 0.375 e. The van der Waals surface area contributed by atoms with E-state index in [4.69, 9.17) is 4.74 Å². The third-order valence-corrected chi connectivity index (χ3v) is 5.57. The fourth-order valence-electron chi connectivity index (χ4n) is 3.16.